The van der Waals surface area contributed by atoms with Gasteiger partial charge in [0.15, 0.2) is 5.75 Å². The maximum Gasteiger partial charge on any atom is 0.229 e. The highest BCUT2D eigenvalue weighted by Gasteiger charge is 2.16. The van der Waals surface area contributed by atoms with Crippen molar-refractivity contribution in [3.8, 4) is 17.2 Å². The number of hydrogen-bond donors (Lipinski definition) is 0. The Bertz CT molecular complexity index is 353. The van der Waals surface area contributed by atoms with Gasteiger partial charge >= 0.3 is 0 Å². The van der Waals surface area contributed by atoms with Crippen LogP contribution in [-0.2, 0) is 0 Å². The van der Waals surface area contributed by atoms with E-state index in [-0.39, 0.29) is 0 Å². The second kappa shape index (κ2) is 7.01. The Morgan fingerprint density at radius 3 is 1.39 bits per heavy atom. The summed E-state index contributed by atoms with van der Waals surface area (Å²) in [7, 11) is -3.44. The first-order chi connectivity index (χ1) is 8.40. The first kappa shape index (κ1) is 15.3. The molecule has 102 valence electrons. The Morgan fingerprint density at radius 1 is 0.667 bits per heavy atom. The smallest absolute Gasteiger partial charge is 0.229 e. The van der Waals surface area contributed by atoms with E-state index in [4.69, 9.17) is 13.3 Å². The molecule has 0 saturated carbocycles. The number of benzene rings is 1. The van der Waals surface area contributed by atoms with Crippen LogP contribution in [0.15, 0.2) is 18.2 Å². The molecule has 0 bridgehead atoms. The van der Waals surface area contributed by atoms with Gasteiger partial charge in [0.25, 0.3) is 0 Å². The molecule has 0 radical (unpaired) electrons. The standard InChI is InChI=1S/C12H24O3Si3/c1-16(2)13-10-8-7-9-11(14-17(3)4)12(10)15-18(5)6/h7-9,16-18H,1-6H3. The van der Waals surface area contributed by atoms with Gasteiger partial charge in [-0.05, 0) is 51.4 Å². The van der Waals surface area contributed by atoms with E-state index in [1.807, 2.05) is 18.2 Å². The SMILES string of the molecule is C[SiH](C)Oc1cccc(O[SiH](C)C)c1O[SiH](C)C. The summed E-state index contributed by atoms with van der Waals surface area (Å²) in [5.74, 6) is 2.52. The molecule has 1 rings (SSSR count). The van der Waals surface area contributed by atoms with Crippen LogP contribution in [0.2, 0.25) is 39.3 Å². The summed E-state index contributed by atoms with van der Waals surface area (Å²) >= 11 is 0. The van der Waals surface area contributed by atoms with Crippen molar-refractivity contribution in [2.75, 3.05) is 0 Å². The molecule has 0 aromatic heterocycles. The van der Waals surface area contributed by atoms with E-state index >= 15 is 0 Å². The van der Waals surface area contributed by atoms with E-state index < -0.39 is 27.1 Å². The van der Waals surface area contributed by atoms with Crippen LogP contribution in [0.4, 0.5) is 0 Å². The maximum absolute atomic E-state index is 6.01. The number of hydrogen-bond acceptors (Lipinski definition) is 3. The van der Waals surface area contributed by atoms with Crippen LogP contribution in [0.1, 0.15) is 0 Å². The van der Waals surface area contributed by atoms with Crippen LogP contribution in [0.25, 0.3) is 0 Å². The average Bonchev–Trinajstić information content (AvgIpc) is 2.20. The molecular formula is C12H24O3Si3. The molecule has 0 N–H and O–H groups in total. The van der Waals surface area contributed by atoms with Crippen molar-refractivity contribution in [2.24, 2.45) is 0 Å². The van der Waals surface area contributed by atoms with Crippen LogP contribution in [0.5, 0.6) is 17.2 Å². The quantitative estimate of drug-likeness (QED) is 0.756. The molecule has 6 heteroatoms. The highest BCUT2D eigenvalue weighted by Crippen LogP contribution is 2.38. The van der Waals surface area contributed by atoms with Gasteiger partial charge in [-0.15, -0.1) is 0 Å². The topological polar surface area (TPSA) is 27.7 Å². The Morgan fingerprint density at radius 2 is 1.06 bits per heavy atom. The van der Waals surface area contributed by atoms with Crippen molar-refractivity contribution in [3.05, 3.63) is 18.2 Å². The predicted molar refractivity (Wildman–Crippen MR) is 85.0 cm³/mol. The lowest BCUT2D eigenvalue weighted by molar-refractivity contribution is 0.473. The molecule has 0 aliphatic carbocycles. The zero-order chi connectivity index (χ0) is 13.7. The van der Waals surface area contributed by atoms with Gasteiger partial charge in [-0.2, -0.15) is 0 Å². The average molecular weight is 301 g/mol. The second-order valence-corrected chi connectivity index (χ2v) is 12.1. The minimum atomic E-state index is -1.17. The van der Waals surface area contributed by atoms with Crippen molar-refractivity contribution < 1.29 is 13.3 Å². The molecule has 0 aliphatic rings. The maximum atomic E-state index is 6.01. The molecule has 3 nitrogen and oxygen atoms in total. The van der Waals surface area contributed by atoms with Crippen LogP contribution in [-0.4, -0.2) is 27.1 Å². The van der Waals surface area contributed by atoms with Crippen molar-refractivity contribution in [1.82, 2.24) is 0 Å². The molecular weight excluding hydrogens is 276 g/mol. The van der Waals surface area contributed by atoms with Crippen LogP contribution in [0.3, 0.4) is 0 Å². The summed E-state index contributed by atoms with van der Waals surface area (Å²) in [5, 5.41) is 0. The van der Waals surface area contributed by atoms with E-state index in [1.165, 1.54) is 0 Å². The molecule has 0 heterocycles. The first-order valence-corrected chi connectivity index (χ1v) is 14.9. The Balaban J connectivity index is 3.08. The van der Waals surface area contributed by atoms with Crippen LogP contribution >= 0.6 is 0 Å². The monoisotopic (exact) mass is 300 g/mol. The van der Waals surface area contributed by atoms with Crippen molar-refractivity contribution in [2.45, 2.75) is 39.3 Å². The molecule has 1 aromatic carbocycles. The summed E-state index contributed by atoms with van der Waals surface area (Å²) in [6.45, 7) is 12.9. The van der Waals surface area contributed by atoms with Crippen molar-refractivity contribution in [1.29, 1.82) is 0 Å². The Kier molecular flexibility index (Phi) is 5.97. The van der Waals surface area contributed by atoms with Gasteiger partial charge in [-0.1, -0.05) is 6.07 Å². The van der Waals surface area contributed by atoms with E-state index in [1.54, 1.807) is 0 Å². The minimum Gasteiger partial charge on any atom is -0.544 e. The molecule has 0 spiro atoms. The van der Waals surface area contributed by atoms with Crippen molar-refractivity contribution in [3.63, 3.8) is 0 Å². The highest BCUT2D eigenvalue weighted by atomic mass is 28.3. The summed E-state index contributed by atoms with van der Waals surface area (Å²) < 4.78 is 17.9. The molecule has 0 aliphatic heterocycles. The van der Waals surface area contributed by atoms with Gasteiger partial charge in [0.05, 0.1) is 0 Å². The Hall–Kier alpha value is -0.729. The van der Waals surface area contributed by atoms with Gasteiger partial charge < -0.3 is 13.3 Å². The number of rotatable bonds is 6. The minimum absolute atomic E-state index is 0.821. The summed E-state index contributed by atoms with van der Waals surface area (Å²) in [4.78, 5) is 0. The third kappa shape index (κ3) is 4.87. The number of para-hydroxylation sites is 1. The highest BCUT2D eigenvalue weighted by molar-refractivity contribution is 6.50. The Labute approximate surface area is 115 Å². The lowest BCUT2D eigenvalue weighted by Crippen LogP contribution is -2.18. The summed E-state index contributed by atoms with van der Waals surface area (Å²) in [5.41, 5.74) is 0. The molecule has 18 heavy (non-hydrogen) atoms. The van der Waals surface area contributed by atoms with E-state index in [0.29, 0.717) is 0 Å². The summed E-state index contributed by atoms with van der Waals surface area (Å²) in [6.07, 6.45) is 0. The fraction of sp³-hybridized carbons (Fsp3) is 0.500. The zero-order valence-corrected chi connectivity index (χ0v) is 15.7. The molecule has 0 saturated heterocycles. The van der Waals surface area contributed by atoms with E-state index in [2.05, 4.69) is 39.3 Å². The van der Waals surface area contributed by atoms with Gasteiger partial charge in [0.1, 0.15) is 11.5 Å². The van der Waals surface area contributed by atoms with E-state index in [9.17, 15) is 0 Å². The molecule has 0 unspecified atom stereocenters. The fourth-order valence-electron chi connectivity index (χ4n) is 1.54. The lowest BCUT2D eigenvalue weighted by atomic mass is 10.3. The van der Waals surface area contributed by atoms with Crippen LogP contribution in [0, 0.1) is 0 Å². The molecule has 0 fully saturated rings. The third-order valence-corrected chi connectivity index (χ3v) is 4.18. The third-order valence-electron chi connectivity index (χ3n) is 2.02. The van der Waals surface area contributed by atoms with Gasteiger partial charge in [0.2, 0.25) is 27.1 Å². The first-order valence-electron chi connectivity index (χ1n) is 6.53. The molecule has 0 atom stereocenters. The molecule has 1 aromatic rings. The van der Waals surface area contributed by atoms with Crippen molar-refractivity contribution >= 4 is 27.1 Å². The largest absolute Gasteiger partial charge is 0.544 e. The van der Waals surface area contributed by atoms with Gasteiger partial charge in [-0.25, -0.2) is 0 Å². The fourth-order valence-corrected chi connectivity index (χ4v) is 3.63. The predicted octanol–water partition coefficient (Wildman–Crippen LogP) is 2.77. The summed E-state index contributed by atoms with van der Waals surface area (Å²) in [6, 6.07) is 5.94. The van der Waals surface area contributed by atoms with Gasteiger partial charge in [0, 0.05) is 0 Å². The molecule has 0 amide bonds. The van der Waals surface area contributed by atoms with Crippen LogP contribution < -0.4 is 13.3 Å². The normalized spacial score (nSPS) is 11.2. The van der Waals surface area contributed by atoms with E-state index in [0.717, 1.165) is 17.2 Å². The van der Waals surface area contributed by atoms with Gasteiger partial charge in [-0.3, -0.25) is 0 Å². The zero-order valence-electron chi connectivity index (χ0n) is 12.2. The lowest BCUT2D eigenvalue weighted by Gasteiger charge is -2.21. The second-order valence-electron chi connectivity index (χ2n) is 5.08.